The highest BCUT2D eigenvalue weighted by molar-refractivity contribution is 6.08. The third-order valence-electron chi connectivity index (χ3n) is 6.83. The summed E-state index contributed by atoms with van der Waals surface area (Å²) in [5.74, 6) is 2.38. The van der Waals surface area contributed by atoms with E-state index in [0.29, 0.717) is 29.4 Å². The first-order valence-corrected chi connectivity index (χ1v) is 10.2. The van der Waals surface area contributed by atoms with Crippen molar-refractivity contribution in [2.75, 3.05) is 6.79 Å². The first kappa shape index (κ1) is 18.5. The number of rotatable bonds is 8. The molecule has 0 amide bonds. The Morgan fingerprint density at radius 1 is 1.19 bits per heavy atom. The van der Waals surface area contributed by atoms with Crippen LogP contribution in [0, 0.1) is 29.6 Å². The molecule has 3 aliphatic rings. The van der Waals surface area contributed by atoms with Gasteiger partial charge in [-0.3, -0.25) is 9.59 Å². The molecule has 4 nitrogen and oxygen atoms in total. The van der Waals surface area contributed by atoms with Crippen LogP contribution in [0.3, 0.4) is 0 Å². The lowest BCUT2D eigenvalue weighted by Crippen LogP contribution is -2.33. The fraction of sp³-hybridized carbons (Fsp3) is 0.636. The molecule has 1 aliphatic heterocycles. The van der Waals surface area contributed by atoms with Gasteiger partial charge in [-0.15, -0.1) is 0 Å². The maximum Gasteiger partial charge on any atom is 0.312 e. The van der Waals surface area contributed by atoms with Crippen LogP contribution >= 0.6 is 0 Å². The summed E-state index contributed by atoms with van der Waals surface area (Å²) in [6.45, 7) is 2.27. The van der Waals surface area contributed by atoms with Crippen LogP contribution in [0.4, 0.5) is 4.39 Å². The van der Waals surface area contributed by atoms with Crippen LogP contribution < -0.4 is 9.47 Å². The molecule has 5 unspecified atom stereocenters. The van der Waals surface area contributed by atoms with Gasteiger partial charge in [0, 0.05) is 5.56 Å². The summed E-state index contributed by atoms with van der Waals surface area (Å²) >= 11 is 0. The number of carbonyl (C=O) groups excluding carboxylic acids is 2. The Morgan fingerprint density at radius 2 is 2.00 bits per heavy atom. The molecule has 2 saturated carbocycles. The number of halogens is 1. The fourth-order valence-electron chi connectivity index (χ4n) is 5.30. The largest absolute Gasteiger partial charge is 0.454 e. The normalized spacial score (nSPS) is 27.6. The van der Waals surface area contributed by atoms with Gasteiger partial charge in [-0.25, -0.2) is 0 Å². The number of hydrogen-bond acceptors (Lipinski definition) is 4. The van der Waals surface area contributed by atoms with E-state index >= 15 is 0 Å². The standard InChI is InChI=1S/C22H27FO4/c1-13(9-16-10-14-3-2-4-17(14)16)5-7-18(22(23)25)21(24)15-6-8-19-20(11-15)27-12-26-19/h6,8,11,13-14,16-18H,2-5,7,9-10,12H2,1H3. The van der Waals surface area contributed by atoms with E-state index in [1.165, 1.54) is 25.7 Å². The molecule has 146 valence electrons. The zero-order valence-corrected chi connectivity index (χ0v) is 15.8. The minimum Gasteiger partial charge on any atom is -0.454 e. The van der Waals surface area contributed by atoms with E-state index in [2.05, 4.69) is 6.92 Å². The number of carbonyl (C=O) groups is 2. The minimum atomic E-state index is -1.54. The molecule has 0 radical (unpaired) electrons. The van der Waals surface area contributed by atoms with Crippen LogP contribution in [0.2, 0.25) is 0 Å². The molecule has 0 N–H and O–H groups in total. The predicted molar refractivity (Wildman–Crippen MR) is 98.5 cm³/mol. The number of ether oxygens (including phenoxy) is 2. The molecule has 27 heavy (non-hydrogen) atoms. The van der Waals surface area contributed by atoms with Crippen LogP contribution in [0.5, 0.6) is 11.5 Å². The summed E-state index contributed by atoms with van der Waals surface area (Å²) in [5.41, 5.74) is 0.302. The molecule has 2 fully saturated rings. The van der Waals surface area contributed by atoms with Gasteiger partial charge in [0.1, 0.15) is 5.92 Å². The molecule has 0 aromatic heterocycles. The minimum absolute atomic E-state index is 0.110. The third-order valence-corrected chi connectivity index (χ3v) is 6.83. The fourth-order valence-corrected chi connectivity index (χ4v) is 5.30. The number of ketones is 1. The Labute approximate surface area is 159 Å². The SMILES string of the molecule is CC(CCC(C(=O)F)C(=O)c1ccc2c(c1)OCO2)CC1CC2CCCC21. The monoisotopic (exact) mass is 374 g/mol. The lowest BCUT2D eigenvalue weighted by atomic mass is 9.63. The Hall–Kier alpha value is -1.91. The second kappa shape index (κ2) is 7.61. The number of benzene rings is 1. The zero-order valence-electron chi connectivity index (χ0n) is 15.8. The third kappa shape index (κ3) is 3.74. The first-order chi connectivity index (χ1) is 13.0. The van der Waals surface area contributed by atoms with Crippen LogP contribution in [0.15, 0.2) is 18.2 Å². The molecule has 2 aliphatic carbocycles. The van der Waals surface area contributed by atoms with Gasteiger partial charge in [0.15, 0.2) is 17.3 Å². The van der Waals surface area contributed by atoms with Crippen molar-refractivity contribution in [3.63, 3.8) is 0 Å². The molecule has 5 atom stereocenters. The highest BCUT2D eigenvalue weighted by atomic mass is 19.1. The van der Waals surface area contributed by atoms with Crippen LogP contribution in [0.25, 0.3) is 0 Å². The van der Waals surface area contributed by atoms with Crippen molar-refractivity contribution in [3.05, 3.63) is 23.8 Å². The van der Waals surface area contributed by atoms with E-state index in [9.17, 15) is 14.0 Å². The summed E-state index contributed by atoms with van der Waals surface area (Å²) in [6, 6.07) is 3.21. The van der Waals surface area contributed by atoms with Crippen molar-refractivity contribution in [2.24, 2.45) is 29.6 Å². The second-order valence-corrected chi connectivity index (χ2v) is 8.56. The van der Waals surface area contributed by atoms with Crippen LogP contribution in [-0.2, 0) is 4.79 Å². The molecule has 5 heteroatoms. The topological polar surface area (TPSA) is 52.6 Å². The van der Waals surface area contributed by atoms with E-state index in [-0.39, 0.29) is 13.2 Å². The lowest BCUT2D eigenvalue weighted by Gasteiger charge is -2.42. The maximum atomic E-state index is 13.6. The molecule has 0 saturated heterocycles. The van der Waals surface area contributed by atoms with Crippen molar-refractivity contribution in [1.29, 1.82) is 0 Å². The average Bonchev–Trinajstić information content (AvgIpc) is 3.24. The highest BCUT2D eigenvalue weighted by Crippen LogP contribution is 2.53. The van der Waals surface area contributed by atoms with Gasteiger partial charge in [-0.05, 0) is 74.0 Å². The molecule has 0 bridgehead atoms. The van der Waals surface area contributed by atoms with Crippen molar-refractivity contribution >= 4 is 11.8 Å². The molecule has 1 aromatic carbocycles. The quantitative estimate of drug-likeness (QED) is 0.367. The van der Waals surface area contributed by atoms with Gasteiger partial charge in [0.2, 0.25) is 6.79 Å². The van der Waals surface area contributed by atoms with Crippen molar-refractivity contribution in [1.82, 2.24) is 0 Å². The summed E-state index contributed by atoms with van der Waals surface area (Å²) in [7, 11) is 0. The van der Waals surface area contributed by atoms with E-state index in [1.807, 2.05) is 0 Å². The van der Waals surface area contributed by atoms with Crippen LogP contribution in [-0.4, -0.2) is 18.6 Å². The Bertz CT molecular complexity index is 731. The Balaban J connectivity index is 1.33. The zero-order chi connectivity index (χ0) is 19.0. The molecule has 0 spiro atoms. The van der Waals surface area contributed by atoms with E-state index in [1.54, 1.807) is 18.2 Å². The van der Waals surface area contributed by atoms with E-state index in [0.717, 1.165) is 24.2 Å². The van der Waals surface area contributed by atoms with E-state index in [4.69, 9.17) is 9.47 Å². The molecule has 4 rings (SSSR count). The predicted octanol–water partition coefficient (Wildman–Crippen LogP) is 4.95. The molecular formula is C22H27FO4. The summed E-state index contributed by atoms with van der Waals surface area (Å²) < 4.78 is 24.1. The molecular weight excluding hydrogens is 347 g/mol. The van der Waals surface area contributed by atoms with Gasteiger partial charge < -0.3 is 9.47 Å². The lowest BCUT2D eigenvalue weighted by molar-refractivity contribution is -0.132. The Kier molecular flexibility index (Phi) is 5.20. The number of fused-ring (bicyclic) bond motifs is 2. The molecule has 1 heterocycles. The number of hydrogen-bond donors (Lipinski definition) is 0. The van der Waals surface area contributed by atoms with Gasteiger partial charge in [-0.2, -0.15) is 4.39 Å². The average molecular weight is 374 g/mol. The van der Waals surface area contributed by atoms with Crippen molar-refractivity contribution in [2.45, 2.75) is 51.9 Å². The maximum absolute atomic E-state index is 13.6. The first-order valence-electron chi connectivity index (χ1n) is 10.2. The van der Waals surface area contributed by atoms with Crippen molar-refractivity contribution < 1.29 is 23.5 Å². The van der Waals surface area contributed by atoms with Gasteiger partial charge in [-0.1, -0.05) is 19.8 Å². The number of Topliss-reactive ketones (excluding diaryl/α,β-unsaturated/α-hetero) is 1. The second-order valence-electron chi connectivity index (χ2n) is 8.56. The summed E-state index contributed by atoms with van der Waals surface area (Å²) in [5, 5.41) is 0. The highest BCUT2D eigenvalue weighted by Gasteiger charge is 2.43. The van der Waals surface area contributed by atoms with E-state index < -0.39 is 17.7 Å². The van der Waals surface area contributed by atoms with Crippen molar-refractivity contribution in [3.8, 4) is 11.5 Å². The smallest absolute Gasteiger partial charge is 0.312 e. The van der Waals surface area contributed by atoms with Gasteiger partial charge >= 0.3 is 6.04 Å². The van der Waals surface area contributed by atoms with Gasteiger partial charge in [0.25, 0.3) is 0 Å². The molecule has 1 aromatic rings. The van der Waals surface area contributed by atoms with Gasteiger partial charge in [0.05, 0.1) is 0 Å². The Morgan fingerprint density at radius 3 is 2.78 bits per heavy atom. The summed E-state index contributed by atoms with van der Waals surface area (Å²) in [4.78, 5) is 24.2. The van der Waals surface area contributed by atoms with Crippen LogP contribution in [0.1, 0.15) is 62.2 Å². The summed E-state index contributed by atoms with van der Waals surface area (Å²) in [6.07, 6.45) is 7.54.